The van der Waals surface area contributed by atoms with E-state index in [1.807, 2.05) is 6.92 Å². The van der Waals surface area contributed by atoms with E-state index in [-0.39, 0.29) is 11.6 Å². The van der Waals surface area contributed by atoms with Crippen LogP contribution in [0.15, 0.2) is 35.1 Å². The van der Waals surface area contributed by atoms with Crippen LogP contribution < -0.4 is 10.3 Å². The number of allylic oxidation sites excluding steroid dienone is 1. The Kier molecular flexibility index (Phi) is 6.56. The first-order valence-electron chi connectivity index (χ1n) is 8.69. The summed E-state index contributed by atoms with van der Waals surface area (Å²) in [6.07, 6.45) is 4.47. The lowest BCUT2D eigenvalue weighted by Gasteiger charge is -2.29. The highest BCUT2D eigenvalue weighted by molar-refractivity contribution is 5.81. The first-order chi connectivity index (χ1) is 12.0. The summed E-state index contributed by atoms with van der Waals surface area (Å²) in [6, 6.07) is -0.235. The number of fused-ring (bicyclic) bond motifs is 1. The molecule has 1 aromatic heterocycles. The monoisotopic (exact) mass is 345 g/mol. The SMILES string of the molecule is C=CCOc1nc2n(c(=O)c1CC=C)[C@H](CC(C)C)C(OCC)=NC2. The average Bonchev–Trinajstić information content (AvgIpc) is 2.57. The smallest absolute Gasteiger partial charge is 0.261 e. The van der Waals surface area contributed by atoms with E-state index in [1.165, 1.54) is 0 Å². The Balaban J connectivity index is 2.58. The van der Waals surface area contributed by atoms with Crippen molar-refractivity contribution < 1.29 is 9.47 Å². The Labute approximate surface area is 148 Å². The molecule has 0 aliphatic carbocycles. The van der Waals surface area contributed by atoms with Gasteiger partial charge >= 0.3 is 0 Å². The first kappa shape index (κ1) is 19.0. The van der Waals surface area contributed by atoms with Crippen LogP contribution in [0.1, 0.15) is 44.6 Å². The van der Waals surface area contributed by atoms with E-state index in [2.05, 4.69) is 37.0 Å². The molecular weight excluding hydrogens is 318 g/mol. The number of ether oxygens (including phenoxy) is 2. The van der Waals surface area contributed by atoms with Gasteiger partial charge in [0.2, 0.25) is 11.8 Å². The van der Waals surface area contributed by atoms with Crippen LogP contribution in [-0.4, -0.2) is 28.7 Å². The number of rotatable bonds is 8. The van der Waals surface area contributed by atoms with Crippen molar-refractivity contribution in [2.24, 2.45) is 10.9 Å². The van der Waals surface area contributed by atoms with E-state index in [0.29, 0.717) is 55.3 Å². The second kappa shape index (κ2) is 8.65. The van der Waals surface area contributed by atoms with Crippen molar-refractivity contribution >= 4 is 5.90 Å². The van der Waals surface area contributed by atoms with Crippen LogP contribution in [-0.2, 0) is 17.7 Å². The molecule has 0 aromatic carbocycles. The van der Waals surface area contributed by atoms with Gasteiger partial charge < -0.3 is 9.47 Å². The highest BCUT2D eigenvalue weighted by Crippen LogP contribution is 2.26. The molecule has 0 saturated carbocycles. The standard InChI is InChI=1S/C19H27N3O3/c1-6-9-14-17(25-10-7-2)21-16-12-20-18(24-8-3)15(11-13(4)5)22(16)19(14)23/h6-7,13,15H,1-2,8-12H2,3-5H3/t15-/m1/s1. The molecule has 0 radical (unpaired) electrons. The first-order valence-corrected chi connectivity index (χ1v) is 8.69. The predicted molar refractivity (Wildman–Crippen MR) is 99.3 cm³/mol. The van der Waals surface area contributed by atoms with E-state index >= 15 is 0 Å². The molecule has 0 fully saturated rings. The molecule has 6 nitrogen and oxygen atoms in total. The zero-order valence-electron chi connectivity index (χ0n) is 15.3. The molecule has 25 heavy (non-hydrogen) atoms. The summed E-state index contributed by atoms with van der Waals surface area (Å²) in [6.45, 7) is 14.6. The molecule has 1 aliphatic heterocycles. The maximum absolute atomic E-state index is 13.2. The number of hydrogen-bond donors (Lipinski definition) is 0. The summed E-state index contributed by atoms with van der Waals surface area (Å²) in [4.78, 5) is 22.3. The van der Waals surface area contributed by atoms with Gasteiger partial charge in [0, 0.05) is 6.42 Å². The van der Waals surface area contributed by atoms with Gasteiger partial charge in [-0.3, -0.25) is 9.36 Å². The fourth-order valence-corrected chi connectivity index (χ4v) is 2.91. The van der Waals surface area contributed by atoms with Crippen LogP contribution in [0.5, 0.6) is 5.88 Å². The summed E-state index contributed by atoms with van der Waals surface area (Å²) >= 11 is 0. The third-order valence-electron chi connectivity index (χ3n) is 3.89. The molecule has 1 atom stereocenters. The Bertz CT molecular complexity index is 719. The lowest BCUT2D eigenvalue weighted by molar-refractivity contribution is 0.272. The lowest BCUT2D eigenvalue weighted by Crippen LogP contribution is -2.39. The normalized spacial score (nSPS) is 16.2. The van der Waals surface area contributed by atoms with Gasteiger partial charge in [0.1, 0.15) is 25.0 Å². The van der Waals surface area contributed by atoms with Crippen molar-refractivity contribution in [1.29, 1.82) is 0 Å². The van der Waals surface area contributed by atoms with Gasteiger partial charge in [0.15, 0.2) is 0 Å². The highest BCUT2D eigenvalue weighted by atomic mass is 16.5. The Morgan fingerprint density at radius 1 is 1.32 bits per heavy atom. The second-order valence-corrected chi connectivity index (χ2v) is 6.31. The molecule has 2 heterocycles. The van der Waals surface area contributed by atoms with Gasteiger partial charge in [-0.25, -0.2) is 4.99 Å². The molecule has 6 heteroatoms. The van der Waals surface area contributed by atoms with Crippen LogP contribution in [0.4, 0.5) is 0 Å². The molecule has 0 saturated heterocycles. The van der Waals surface area contributed by atoms with Crippen molar-refractivity contribution in [2.75, 3.05) is 13.2 Å². The third-order valence-corrected chi connectivity index (χ3v) is 3.89. The van der Waals surface area contributed by atoms with E-state index in [0.717, 1.165) is 6.42 Å². The van der Waals surface area contributed by atoms with Crippen LogP contribution in [0.25, 0.3) is 0 Å². The minimum Gasteiger partial charge on any atom is -0.480 e. The summed E-state index contributed by atoms with van der Waals surface area (Å²) < 4.78 is 13.0. The van der Waals surface area contributed by atoms with Crippen molar-refractivity contribution in [3.63, 3.8) is 0 Å². The van der Waals surface area contributed by atoms with Gasteiger partial charge in [-0.15, -0.1) is 6.58 Å². The minimum atomic E-state index is -0.235. The zero-order valence-corrected chi connectivity index (χ0v) is 15.3. The van der Waals surface area contributed by atoms with E-state index in [9.17, 15) is 4.79 Å². The molecule has 0 bridgehead atoms. The molecule has 0 unspecified atom stereocenters. The van der Waals surface area contributed by atoms with Crippen LogP contribution in [0.3, 0.4) is 0 Å². The quantitative estimate of drug-likeness (QED) is 0.679. The Morgan fingerprint density at radius 3 is 2.68 bits per heavy atom. The van der Waals surface area contributed by atoms with Crippen molar-refractivity contribution in [2.45, 2.75) is 46.2 Å². The summed E-state index contributed by atoms with van der Waals surface area (Å²) in [5.41, 5.74) is 0.397. The van der Waals surface area contributed by atoms with Gasteiger partial charge in [-0.1, -0.05) is 32.6 Å². The van der Waals surface area contributed by atoms with Crippen LogP contribution in [0.2, 0.25) is 0 Å². The van der Waals surface area contributed by atoms with E-state index < -0.39 is 0 Å². The second-order valence-electron chi connectivity index (χ2n) is 6.31. The highest BCUT2D eigenvalue weighted by Gasteiger charge is 2.30. The minimum absolute atomic E-state index is 0.110. The fraction of sp³-hybridized carbons (Fsp3) is 0.526. The topological polar surface area (TPSA) is 65.7 Å². The molecule has 0 N–H and O–H groups in total. The molecule has 1 aromatic rings. The number of hydrogen-bond acceptors (Lipinski definition) is 5. The largest absolute Gasteiger partial charge is 0.480 e. The molecule has 1 aliphatic rings. The molecule has 136 valence electrons. The van der Waals surface area contributed by atoms with Crippen LogP contribution >= 0.6 is 0 Å². The summed E-state index contributed by atoms with van der Waals surface area (Å²) in [5, 5.41) is 0. The maximum atomic E-state index is 13.2. The predicted octanol–water partition coefficient (Wildman–Crippen LogP) is 3.07. The zero-order chi connectivity index (χ0) is 18.4. The number of aliphatic imine (C=N–C) groups is 1. The van der Waals surface area contributed by atoms with E-state index in [4.69, 9.17) is 9.47 Å². The van der Waals surface area contributed by atoms with E-state index in [1.54, 1.807) is 16.7 Å². The lowest BCUT2D eigenvalue weighted by atomic mass is 10.0. The van der Waals surface area contributed by atoms with Gasteiger partial charge in [-0.2, -0.15) is 4.98 Å². The maximum Gasteiger partial charge on any atom is 0.261 e. The average molecular weight is 345 g/mol. The van der Waals surface area contributed by atoms with Gasteiger partial charge in [0.25, 0.3) is 5.56 Å². The van der Waals surface area contributed by atoms with Crippen molar-refractivity contribution in [3.05, 3.63) is 47.1 Å². The third kappa shape index (κ3) is 4.18. The molecule has 2 rings (SSSR count). The fourth-order valence-electron chi connectivity index (χ4n) is 2.91. The van der Waals surface area contributed by atoms with Crippen molar-refractivity contribution in [3.8, 4) is 5.88 Å². The molecular formula is C19H27N3O3. The number of aromatic nitrogens is 2. The number of nitrogens with zero attached hydrogens (tertiary/aromatic N) is 3. The summed E-state index contributed by atoms with van der Waals surface area (Å²) in [5.74, 6) is 1.94. The van der Waals surface area contributed by atoms with Gasteiger partial charge in [-0.05, 0) is 19.3 Å². The molecule has 0 spiro atoms. The Morgan fingerprint density at radius 2 is 2.08 bits per heavy atom. The Hall–Kier alpha value is -2.37. The van der Waals surface area contributed by atoms with Crippen LogP contribution in [0, 0.1) is 5.92 Å². The molecule has 0 amide bonds. The van der Waals surface area contributed by atoms with Gasteiger partial charge in [0.05, 0.1) is 12.2 Å². The van der Waals surface area contributed by atoms with Crippen molar-refractivity contribution in [1.82, 2.24) is 9.55 Å². The summed E-state index contributed by atoms with van der Waals surface area (Å²) in [7, 11) is 0.